The average molecular weight is 312 g/mol. The zero-order valence-corrected chi connectivity index (χ0v) is 13.3. The first kappa shape index (κ1) is 17.2. The third kappa shape index (κ3) is 3.81. The highest BCUT2D eigenvalue weighted by atomic mass is 32.2. The molecule has 0 radical (unpaired) electrons. The number of hydrogen-bond acceptors (Lipinski definition) is 4. The minimum Gasteiger partial charge on any atom is -0.344 e. The largest absolute Gasteiger partial charge is 0.344 e. The number of hydrogen-bond donors (Lipinski definition) is 2. The van der Waals surface area contributed by atoms with Gasteiger partial charge in [-0.1, -0.05) is 31.5 Å². The van der Waals surface area contributed by atoms with E-state index in [2.05, 4.69) is 5.32 Å². The van der Waals surface area contributed by atoms with Crippen LogP contribution in [-0.4, -0.2) is 26.3 Å². The summed E-state index contributed by atoms with van der Waals surface area (Å²) in [6.45, 7) is 6.74. The van der Waals surface area contributed by atoms with Gasteiger partial charge in [0.2, 0.25) is 6.41 Å². The number of nitrogens with one attached hydrogen (secondary N) is 2. The molecule has 1 aromatic rings. The van der Waals surface area contributed by atoms with Gasteiger partial charge in [-0.2, -0.15) is 0 Å². The fraction of sp³-hybridized carbons (Fsp3) is 0.429. The molecule has 21 heavy (non-hydrogen) atoms. The minimum absolute atomic E-state index is 0.00124. The molecule has 0 aliphatic carbocycles. The summed E-state index contributed by atoms with van der Waals surface area (Å²) in [5.74, 6) is -1.05. The molecule has 0 aliphatic rings. The minimum atomic E-state index is -3.97. The van der Waals surface area contributed by atoms with Crippen LogP contribution in [0.2, 0.25) is 0 Å². The van der Waals surface area contributed by atoms with Crippen LogP contribution in [0.15, 0.2) is 29.2 Å². The number of aryl methyl sites for hydroxylation is 1. The standard InChI is InChI=1S/C14H20N2O4S/c1-10(2)14(4,15-9-17)13(18)16-21(19,20)12-7-5-11(3)6-8-12/h5-10H,1-4H3,(H,15,17)(H,16,18). The molecule has 2 N–H and O–H groups in total. The molecule has 0 heterocycles. The van der Waals surface area contributed by atoms with Gasteiger partial charge in [-0.25, -0.2) is 13.1 Å². The summed E-state index contributed by atoms with van der Waals surface area (Å²) >= 11 is 0. The van der Waals surface area contributed by atoms with E-state index in [1.807, 2.05) is 11.6 Å². The molecule has 0 fully saturated rings. The Kier molecular flexibility index (Phi) is 5.11. The Morgan fingerprint density at radius 1 is 1.24 bits per heavy atom. The molecule has 2 amide bonds. The molecule has 1 unspecified atom stereocenters. The first-order valence-corrected chi connectivity index (χ1v) is 7.97. The smallest absolute Gasteiger partial charge is 0.264 e. The second kappa shape index (κ2) is 6.26. The van der Waals surface area contributed by atoms with Gasteiger partial charge in [-0.05, 0) is 31.9 Å². The maximum absolute atomic E-state index is 12.2. The first-order chi connectivity index (χ1) is 9.63. The van der Waals surface area contributed by atoms with E-state index in [1.54, 1.807) is 26.0 Å². The van der Waals surface area contributed by atoms with Crippen LogP contribution in [0, 0.1) is 12.8 Å². The van der Waals surface area contributed by atoms with Crippen LogP contribution >= 0.6 is 0 Å². The van der Waals surface area contributed by atoms with Crippen LogP contribution < -0.4 is 10.0 Å². The second-order valence-electron chi connectivity index (χ2n) is 5.37. The molecular weight excluding hydrogens is 292 g/mol. The van der Waals surface area contributed by atoms with Gasteiger partial charge in [0, 0.05) is 0 Å². The van der Waals surface area contributed by atoms with E-state index in [1.165, 1.54) is 19.1 Å². The zero-order chi connectivity index (χ0) is 16.3. The monoisotopic (exact) mass is 312 g/mol. The number of carbonyl (C=O) groups is 2. The predicted octanol–water partition coefficient (Wildman–Crippen LogP) is 0.961. The van der Waals surface area contributed by atoms with Gasteiger partial charge in [-0.3, -0.25) is 9.59 Å². The predicted molar refractivity (Wildman–Crippen MR) is 79.0 cm³/mol. The second-order valence-corrected chi connectivity index (χ2v) is 7.05. The Bertz CT molecular complexity index is 623. The zero-order valence-electron chi connectivity index (χ0n) is 12.5. The average Bonchev–Trinajstić information content (AvgIpc) is 2.38. The van der Waals surface area contributed by atoms with Crippen molar-refractivity contribution in [2.75, 3.05) is 0 Å². The maximum atomic E-state index is 12.2. The Labute approximate surface area is 125 Å². The van der Waals surface area contributed by atoms with Gasteiger partial charge >= 0.3 is 0 Å². The molecule has 1 atom stereocenters. The van der Waals surface area contributed by atoms with Crippen LogP contribution in [0.4, 0.5) is 0 Å². The molecule has 0 saturated carbocycles. The van der Waals surface area contributed by atoms with Gasteiger partial charge in [0.15, 0.2) is 0 Å². The summed E-state index contributed by atoms with van der Waals surface area (Å²) in [7, 11) is -3.97. The van der Waals surface area contributed by atoms with Crippen molar-refractivity contribution in [2.45, 2.75) is 38.1 Å². The van der Waals surface area contributed by atoms with Crippen molar-refractivity contribution in [1.29, 1.82) is 0 Å². The van der Waals surface area contributed by atoms with Gasteiger partial charge in [0.25, 0.3) is 15.9 Å². The van der Waals surface area contributed by atoms with Gasteiger partial charge < -0.3 is 5.32 Å². The molecule has 0 bridgehead atoms. The molecular formula is C14H20N2O4S. The normalized spacial score (nSPS) is 14.3. The van der Waals surface area contributed by atoms with Crippen LogP contribution in [-0.2, 0) is 19.6 Å². The van der Waals surface area contributed by atoms with Gasteiger partial charge in [-0.15, -0.1) is 0 Å². The lowest BCUT2D eigenvalue weighted by atomic mass is 9.88. The Balaban J connectivity index is 3.05. The SMILES string of the molecule is Cc1ccc(S(=O)(=O)NC(=O)C(C)(NC=O)C(C)C)cc1. The summed E-state index contributed by atoms with van der Waals surface area (Å²) in [6, 6.07) is 6.13. The van der Waals surface area contributed by atoms with Crippen LogP contribution in [0.3, 0.4) is 0 Å². The van der Waals surface area contributed by atoms with E-state index in [0.29, 0.717) is 6.41 Å². The van der Waals surface area contributed by atoms with Crippen molar-refractivity contribution in [3.63, 3.8) is 0 Å². The van der Waals surface area contributed by atoms with Crippen LogP contribution in [0.1, 0.15) is 26.3 Å². The summed E-state index contributed by atoms with van der Waals surface area (Å²) < 4.78 is 26.4. The van der Waals surface area contributed by atoms with E-state index in [0.717, 1.165) is 5.56 Å². The van der Waals surface area contributed by atoms with Crippen molar-refractivity contribution in [3.05, 3.63) is 29.8 Å². The van der Waals surface area contributed by atoms with Crippen molar-refractivity contribution in [2.24, 2.45) is 5.92 Å². The quantitative estimate of drug-likeness (QED) is 0.765. The third-order valence-corrected chi connectivity index (χ3v) is 4.89. The summed E-state index contributed by atoms with van der Waals surface area (Å²) in [6.07, 6.45) is 0.387. The summed E-state index contributed by atoms with van der Waals surface area (Å²) in [5, 5.41) is 2.38. The van der Waals surface area contributed by atoms with Crippen molar-refractivity contribution >= 4 is 22.3 Å². The molecule has 7 heteroatoms. The molecule has 0 aromatic heterocycles. The molecule has 6 nitrogen and oxygen atoms in total. The van der Waals surface area contributed by atoms with E-state index >= 15 is 0 Å². The lowest BCUT2D eigenvalue weighted by molar-refractivity contribution is -0.129. The van der Waals surface area contributed by atoms with Crippen LogP contribution in [0.5, 0.6) is 0 Å². The number of sulfonamides is 1. The molecule has 0 aliphatic heterocycles. The molecule has 1 rings (SSSR count). The highest BCUT2D eigenvalue weighted by Crippen LogP contribution is 2.18. The number of amides is 2. The Morgan fingerprint density at radius 3 is 2.19 bits per heavy atom. The Morgan fingerprint density at radius 2 is 1.76 bits per heavy atom. The first-order valence-electron chi connectivity index (χ1n) is 6.48. The molecule has 1 aromatic carbocycles. The molecule has 0 saturated heterocycles. The summed E-state index contributed by atoms with van der Waals surface area (Å²) in [4.78, 5) is 22.9. The lowest BCUT2D eigenvalue weighted by Gasteiger charge is -2.31. The fourth-order valence-electron chi connectivity index (χ4n) is 1.62. The molecule has 116 valence electrons. The van der Waals surface area contributed by atoms with E-state index in [4.69, 9.17) is 0 Å². The fourth-order valence-corrected chi connectivity index (χ4v) is 2.69. The van der Waals surface area contributed by atoms with Crippen molar-refractivity contribution < 1.29 is 18.0 Å². The van der Waals surface area contributed by atoms with Crippen LogP contribution in [0.25, 0.3) is 0 Å². The molecule has 0 spiro atoms. The van der Waals surface area contributed by atoms with Crippen molar-refractivity contribution in [1.82, 2.24) is 10.0 Å². The summed E-state index contributed by atoms with van der Waals surface area (Å²) in [5.41, 5.74) is -0.394. The maximum Gasteiger partial charge on any atom is 0.264 e. The van der Waals surface area contributed by atoms with E-state index in [-0.39, 0.29) is 10.8 Å². The topological polar surface area (TPSA) is 92.3 Å². The van der Waals surface area contributed by atoms with E-state index in [9.17, 15) is 18.0 Å². The van der Waals surface area contributed by atoms with Gasteiger partial charge in [0.1, 0.15) is 5.54 Å². The van der Waals surface area contributed by atoms with Gasteiger partial charge in [0.05, 0.1) is 4.90 Å². The number of carbonyl (C=O) groups excluding carboxylic acids is 2. The number of benzene rings is 1. The van der Waals surface area contributed by atoms with E-state index < -0.39 is 21.5 Å². The lowest BCUT2D eigenvalue weighted by Crippen LogP contribution is -2.58. The Hall–Kier alpha value is -1.89. The highest BCUT2D eigenvalue weighted by molar-refractivity contribution is 7.90. The number of rotatable bonds is 6. The highest BCUT2D eigenvalue weighted by Gasteiger charge is 2.38. The van der Waals surface area contributed by atoms with Crippen molar-refractivity contribution in [3.8, 4) is 0 Å². The third-order valence-electron chi connectivity index (χ3n) is 3.54.